The minimum atomic E-state index is -1.09. The van der Waals surface area contributed by atoms with E-state index in [-0.39, 0.29) is 5.69 Å². The van der Waals surface area contributed by atoms with Gasteiger partial charge in [-0.1, -0.05) is 18.2 Å². The second-order valence-electron chi connectivity index (χ2n) is 6.34. The molecule has 3 aromatic rings. The van der Waals surface area contributed by atoms with Crippen molar-refractivity contribution in [2.24, 2.45) is 0 Å². The number of esters is 1. The van der Waals surface area contributed by atoms with Crippen LogP contribution in [0.1, 0.15) is 17.4 Å². The van der Waals surface area contributed by atoms with Gasteiger partial charge in [-0.2, -0.15) is 5.10 Å². The van der Waals surface area contributed by atoms with E-state index in [1.807, 2.05) is 0 Å². The first kappa shape index (κ1) is 18.5. The minimum Gasteiger partial charge on any atom is -0.486 e. The van der Waals surface area contributed by atoms with Gasteiger partial charge in [0.05, 0.1) is 5.39 Å². The van der Waals surface area contributed by atoms with Crippen molar-refractivity contribution in [1.82, 2.24) is 10.2 Å². The van der Waals surface area contributed by atoms with Crippen LogP contribution in [-0.4, -0.2) is 41.4 Å². The zero-order valence-electron chi connectivity index (χ0n) is 15.4. The first-order valence-corrected chi connectivity index (χ1v) is 8.92. The Labute approximate surface area is 164 Å². The van der Waals surface area contributed by atoms with Gasteiger partial charge >= 0.3 is 5.97 Å². The normalized spacial score (nSPS) is 13.6. The molecule has 1 amide bonds. The smallest absolute Gasteiger partial charge is 0.360 e. The third-order valence-electron chi connectivity index (χ3n) is 4.35. The first-order valence-electron chi connectivity index (χ1n) is 8.92. The van der Waals surface area contributed by atoms with Crippen LogP contribution >= 0.6 is 0 Å². The first-order chi connectivity index (χ1) is 14.0. The van der Waals surface area contributed by atoms with Crippen molar-refractivity contribution < 1.29 is 23.8 Å². The number of carbonyl (C=O) groups is 2. The summed E-state index contributed by atoms with van der Waals surface area (Å²) in [5.41, 5.74) is -0.00417. The van der Waals surface area contributed by atoms with Crippen molar-refractivity contribution >= 4 is 28.3 Å². The van der Waals surface area contributed by atoms with E-state index in [0.717, 1.165) is 0 Å². The zero-order valence-corrected chi connectivity index (χ0v) is 15.4. The summed E-state index contributed by atoms with van der Waals surface area (Å²) in [7, 11) is 0. The van der Waals surface area contributed by atoms with E-state index in [1.54, 1.807) is 42.5 Å². The number of hydrogen-bond acceptors (Lipinski definition) is 7. The van der Waals surface area contributed by atoms with Gasteiger partial charge in [0.1, 0.15) is 13.2 Å². The van der Waals surface area contributed by atoms with Crippen molar-refractivity contribution in [3.63, 3.8) is 0 Å². The number of amides is 1. The minimum absolute atomic E-state index is 0.0702. The van der Waals surface area contributed by atoms with Gasteiger partial charge in [0.2, 0.25) is 0 Å². The number of H-pyrrole nitrogens is 1. The van der Waals surface area contributed by atoms with Crippen LogP contribution in [0.5, 0.6) is 11.5 Å². The van der Waals surface area contributed by atoms with Crippen molar-refractivity contribution in [2.75, 3.05) is 18.5 Å². The summed E-state index contributed by atoms with van der Waals surface area (Å²) in [6.07, 6.45) is -1.09. The number of anilines is 1. The summed E-state index contributed by atoms with van der Waals surface area (Å²) in [5, 5.41) is 9.36. The van der Waals surface area contributed by atoms with Gasteiger partial charge in [0.15, 0.2) is 23.3 Å². The van der Waals surface area contributed by atoms with Gasteiger partial charge in [-0.25, -0.2) is 9.89 Å². The molecule has 9 heteroatoms. The Hall–Kier alpha value is -3.88. The van der Waals surface area contributed by atoms with Crippen LogP contribution in [0.15, 0.2) is 47.3 Å². The van der Waals surface area contributed by atoms with E-state index in [2.05, 4.69) is 15.5 Å². The molecule has 2 N–H and O–H groups in total. The summed E-state index contributed by atoms with van der Waals surface area (Å²) in [6.45, 7) is 2.34. The maximum Gasteiger partial charge on any atom is 0.360 e. The summed E-state index contributed by atoms with van der Waals surface area (Å²) < 4.78 is 16.2. The van der Waals surface area contributed by atoms with Crippen molar-refractivity contribution in [3.8, 4) is 11.5 Å². The predicted octanol–water partition coefficient (Wildman–Crippen LogP) is 1.88. The lowest BCUT2D eigenvalue weighted by Crippen LogP contribution is -2.30. The number of rotatable bonds is 4. The van der Waals surface area contributed by atoms with E-state index in [1.165, 1.54) is 6.92 Å². The topological polar surface area (TPSA) is 120 Å². The molecule has 1 aliphatic heterocycles. The monoisotopic (exact) mass is 395 g/mol. The molecule has 0 spiro atoms. The quantitative estimate of drug-likeness (QED) is 0.647. The molecule has 0 unspecified atom stereocenters. The standard InChI is InChI=1S/C20H17N3O6/c1-11(18(24)21-12-6-7-15-16(10-12)28-9-8-27-15)29-20(26)17-13-4-2-3-5-14(13)19(25)23-22-17/h2-7,10-11H,8-9H2,1H3,(H,21,24)(H,23,25)/t11-/m0/s1. The number of nitrogens with zero attached hydrogens (tertiary/aromatic N) is 1. The van der Waals surface area contributed by atoms with Crippen LogP contribution in [0, 0.1) is 0 Å². The number of nitrogens with one attached hydrogen (secondary N) is 2. The van der Waals surface area contributed by atoms with E-state index >= 15 is 0 Å². The highest BCUT2D eigenvalue weighted by Gasteiger charge is 2.23. The fraction of sp³-hybridized carbons (Fsp3) is 0.200. The molecular weight excluding hydrogens is 378 g/mol. The lowest BCUT2D eigenvalue weighted by atomic mass is 10.1. The average Bonchev–Trinajstić information content (AvgIpc) is 2.74. The van der Waals surface area contributed by atoms with Gasteiger partial charge in [-0.05, 0) is 25.1 Å². The number of benzene rings is 2. The Morgan fingerprint density at radius 1 is 1.10 bits per heavy atom. The van der Waals surface area contributed by atoms with E-state index < -0.39 is 23.5 Å². The Morgan fingerprint density at radius 2 is 1.83 bits per heavy atom. The second-order valence-corrected chi connectivity index (χ2v) is 6.34. The number of aromatic amines is 1. The molecular formula is C20H17N3O6. The van der Waals surface area contributed by atoms with Crippen LogP contribution in [0.2, 0.25) is 0 Å². The van der Waals surface area contributed by atoms with Crippen molar-refractivity contribution in [1.29, 1.82) is 0 Å². The van der Waals surface area contributed by atoms with Crippen LogP contribution < -0.4 is 20.3 Å². The van der Waals surface area contributed by atoms with Gasteiger partial charge < -0.3 is 19.5 Å². The molecule has 148 valence electrons. The molecule has 9 nitrogen and oxygen atoms in total. The Morgan fingerprint density at radius 3 is 2.62 bits per heavy atom. The molecule has 0 bridgehead atoms. The number of aromatic nitrogens is 2. The third-order valence-corrected chi connectivity index (χ3v) is 4.35. The Bertz CT molecular complexity index is 1160. The maximum absolute atomic E-state index is 12.5. The van der Waals surface area contributed by atoms with Gasteiger partial charge in [-0.3, -0.25) is 9.59 Å². The fourth-order valence-electron chi connectivity index (χ4n) is 2.91. The number of fused-ring (bicyclic) bond motifs is 2. The Kier molecular flexibility index (Phi) is 4.86. The molecule has 0 aliphatic carbocycles. The summed E-state index contributed by atoms with van der Waals surface area (Å²) in [5.74, 6) is -0.210. The Balaban J connectivity index is 1.47. The molecule has 0 fully saturated rings. The predicted molar refractivity (Wildman–Crippen MR) is 103 cm³/mol. The highest BCUT2D eigenvalue weighted by Crippen LogP contribution is 2.32. The summed E-state index contributed by atoms with van der Waals surface area (Å²) >= 11 is 0. The van der Waals surface area contributed by atoms with Crippen LogP contribution in [0.25, 0.3) is 10.8 Å². The van der Waals surface area contributed by atoms with Crippen molar-refractivity contribution in [3.05, 3.63) is 58.5 Å². The molecule has 4 rings (SSSR count). The van der Waals surface area contributed by atoms with Gasteiger partial charge in [-0.15, -0.1) is 0 Å². The number of carbonyl (C=O) groups excluding carboxylic acids is 2. The highest BCUT2D eigenvalue weighted by atomic mass is 16.6. The lowest BCUT2D eigenvalue weighted by Gasteiger charge is -2.19. The molecule has 2 aromatic carbocycles. The summed E-state index contributed by atoms with van der Waals surface area (Å²) in [6, 6.07) is 11.5. The van der Waals surface area contributed by atoms with Crippen molar-refractivity contribution in [2.45, 2.75) is 13.0 Å². The zero-order chi connectivity index (χ0) is 20.4. The average molecular weight is 395 g/mol. The molecule has 1 aromatic heterocycles. The van der Waals surface area contributed by atoms with E-state index in [9.17, 15) is 14.4 Å². The second kappa shape index (κ2) is 7.63. The van der Waals surface area contributed by atoms with Gasteiger partial charge in [0, 0.05) is 17.1 Å². The highest BCUT2D eigenvalue weighted by molar-refractivity contribution is 6.03. The lowest BCUT2D eigenvalue weighted by molar-refractivity contribution is -0.123. The summed E-state index contributed by atoms with van der Waals surface area (Å²) in [4.78, 5) is 36.8. The van der Waals surface area contributed by atoms with Crippen LogP contribution in [-0.2, 0) is 9.53 Å². The van der Waals surface area contributed by atoms with E-state index in [4.69, 9.17) is 14.2 Å². The largest absolute Gasteiger partial charge is 0.486 e. The molecule has 0 saturated carbocycles. The fourth-order valence-corrected chi connectivity index (χ4v) is 2.91. The van der Waals surface area contributed by atoms with E-state index in [0.29, 0.717) is 41.2 Å². The molecule has 1 atom stereocenters. The third kappa shape index (κ3) is 3.75. The molecule has 0 radical (unpaired) electrons. The molecule has 29 heavy (non-hydrogen) atoms. The van der Waals surface area contributed by atoms with Gasteiger partial charge in [0.25, 0.3) is 11.5 Å². The van der Waals surface area contributed by atoms with Crippen LogP contribution in [0.4, 0.5) is 5.69 Å². The number of hydrogen-bond donors (Lipinski definition) is 2. The SMILES string of the molecule is C[C@H](OC(=O)c1n[nH]c(=O)c2ccccc12)C(=O)Nc1ccc2c(c1)OCCO2. The maximum atomic E-state index is 12.5. The molecule has 0 saturated heterocycles. The molecule has 2 heterocycles. The molecule has 1 aliphatic rings. The number of ether oxygens (including phenoxy) is 3. The van der Waals surface area contributed by atoms with Crippen LogP contribution in [0.3, 0.4) is 0 Å².